The van der Waals surface area contributed by atoms with Crippen LogP contribution in [0.4, 0.5) is 5.69 Å². The predicted molar refractivity (Wildman–Crippen MR) is 78.3 cm³/mol. The Morgan fingerprint density at radius 1 is 1.21 bits per heavy atom. The lowest BCUT2D eigenvalue weighted by Crippen LogP contribution is -2.34. The van der Waals surface area contributed by atoms with Gasteiger partial charge in [-0.1, -0.05) is 6.92 Å². The monoisotopic (exact) mass is 264 g/mol. The highest BCUT2D eigenvalue weighted by Gasteiger charge is 2.17. The molecule has 0 aliphatic heterocycles. The van der Waals surface area contributed by atoms with E-state index >= 15 is 0 Å². The summed E-state index contributed by atoms with van der Waals surface area (Å²) in [6.45, 7) is 9.62. The fraction of sp³-hybridized carbons (Fsp3) is 0.533. The molecule has 0 aliphatic rings. The van der Waals surface area contributed by atoms with Gasteiger partial charge in [0.25, 0.3) is 0 Å². The minimum atomic E-state index is -0.228. The third kappa shape index (κ3) is 5.30. The molecule has 4 nitrogen and oxygen atoms in total. The molecule has 1 aromatic rings. The number of benzene rings is 1. The lowest BCUT2D eigenvalue weighted by molar-refractivity contribution is -0.119. The maximum Gasteiger partial charge on any atom is 0.228 e. The van der Waals surface area contributed by atoms with E-state index in [1.54, 1.807) is 0 Å². The number of nitrogens with two attached hydrogens (primary N) is 1. The Kier molecular flexibility index (Phi) is 4.95. The highest BCUT2D eigenvalue weighted by atomic mass is 16.5. The SMILES string of the molecule is CC(N)C(C)C(=O)Nc1ccc(OC(C)(C)C)cc1. The number of carbonyl (C=O) groups excluding carboxylic acids is 1. The van der Waals surface area contributed by atoms with E-state index in [-0.39, 0.29) is 23.5 Å². The summed E-state index contributed by atoms with van der Waals surface area (Å²) < 4.78 is 5.71. The number of hydrogen-bond donors (Lipinski definition) is 2. The molecule has 2 unspecified atom stereocenters. The van der Waals surface area contributed by atoms with Crippen LogP contribution in [0.3, 0.4) is 0 Å². The average Bonchev–Trinajstić information content (AvgIpc) is 2.28. The number of rotatable bonds is 4. The van der Waals surface area contributed by atoms with Gasteiger partial charge >= 0.3 is 0 Å². The van der Waals surface area contributed by atoms with Crippen LogP contribution in [-0.4, -0.2) is 17.6 Å². The Morgan fingerprint density at radius 3 is 2.16 bits per heavy atom. The number of hydrogen-bond acceptors (Lipinski definition) is 3. The second kappa shape index (κ2) is 6.06. The molecule has 1 rings (SSSR count). The van der Waals surface area contributed by atoms with Crippen molar-refractivity contribution >= 4 is 11.6 Å². The first-order valence-corrected chi connectivity index (χ1v) is 6.54. The summed E-state index contributed by atoms with van der Waals surface area (Å²) in [6.07, 6.45) is 0. The van der Waals surface area contributed by atoms with Crippen LogP contribution < -0.4 is 15.8 Å². The average molecular weight is 264 g/mol. The molecule has 0 spiro atoms. The molecule has 0 saturated carbocycles. The molecule has 106 valence electrons. The zero-order valence-electron chi connectivity index (χ0n) is 12.4. The first-order valence-electron chi connectivity index (χ1n) is 6.54. The summed E-state index contributed by atoms with van der Waals surface area (Å²) in [6, 6.07) is 7.18. The number of ether oxygens (including phenoxy) is 1. The van der Waals surface area contributed by atoms with E-state index < -0.39 is 0 Å². The van der Waals surface area contributed by atoms with Crippen molar-refractivity contribution in [1.29, 1.82) is 0 Å². The number of carbonyl (C=O) groups is 1. The van der Waals surface area contributed by atoms with E-state index in [0.29, 0.717) is 0 Å². The molecule has 1 aromatic carbocycles. The molecule has 3 N–H and O–H groups in total. The Balaban J connectivity index is 2.65. The van der Waals surface area contributed by atoms with Crippen molar-refractivity contribution in [2.24, 2.45) is 11.7 Å². The van der Waals surface area contributed by atoms with Crippen LogP contribution in [0.2, 0.25) is 0 Å². The van der Waals surface area contributed by atoms with Crippen LogP contribution in [0.1, 0.15) is 34.6 Å². The zero-order valence-corrected chi connectivity index (χ0v) is 12.4. The van der Waals surface area contributed by atoms with Crippen LogP contribution in [-0.2, 0) is 4.79 Å². The zero-order chi connectivity index (χ0) is 14.6. The van der Waals surface area contributed by atoms with E-state index in [0.717, 1.165) is 11.4 Å². The van der Waals surface area contributed by atoms with Gasteiger partial charge in [0, 0.05) is 11.7 Å². The van der Waals surface area contributed by atoms with E-state index in [2.05, 4.69) is 5.32 Å². The van der Waals surface area contributed by atoms with E-state index in [4.69, 9.17) is 10.5 Å². The molecule has 0 bridgehead atoms. The van der Waals surface area contributed by atoms with E-state index in [9.17, 15) is 4.79 Å². The summed E-state index contributed by atoms with van der Waals surface area (Å²) in [5, 5.41) is 2.84. The Labute approximate surface area is 115 Å². The van der Waals surface area contributed by atoms with Crippen molar-refractivity contribution in [3.8, 4) is 5.75 Å². The van der Waals surface area contributed by atoms with Gasteiger partial charge in [-0.15, -0.1) is 0 Å². The molecular weight excluding hydrogens is 240 g/mol. The molecule has 0 radical (unpaired) electrons. The summed E-state index contributed by atoms with van der Waals surface area (Å²) in [5.74, 6) is 0.496. The predicted octanol–water partition coefficient (Wildman–Crippen LogP) is 2.79. The largest absolute Gasteiger partial charge is 0.488 e. The minimum absolute atomic E-state index is 0.0699. The molecular formula is C15H24N2O2. The maximum atomic E-state index is 11.8. The highest BCUT2D eigenvalue weighted by Crippen LogP contribution is 2.20. The Hall–Kier alpha value is -1.55. The fourth-order valence-corrected chi connectivity index (χ4v) is 1.45. The molecule has 1 amide bonds. The summed E-state index contributed by atoms with van der Waals surface area (Å²) in [7, 11) is 0. The molecule has 0 saturated heterocycles. The molecule has 2 atom stereocenters. The quantitative estimate of drug-likeness (QED) is 0.879. The van der Waals surface area contributed by atoms with Gasteiger partial charge in [0.15, 0.2) is 0 Å². The second-order valence-electron chi connectivity index (χ2n) is 5.88. The molecule has 19 heavy (non-hydrogen) atoms. The summed E-state index contributed by atoms with van der Waals surface area (Å²) in [4.78, 5) is 11.8. The lowest BCUT2D eigenvalue weighted by Gasteiger charge is -2.21. The second-order valence-corrected chi connectivity index (χ2v) is 5.88. The van der Waals surface area contributed by atoms with Crippen LogP contribution in [0.15, 0.2) is 24.3 Å². The first kappa shape index (κ1) is 15.5. The van der Waals surface area contributed by atoms with Crippen molar-refractivity contribution in [3.63, 3.8) is 0 Å². The molecule has 0 aromatic heterocycles. The van der Waals surface area contributed by atoms with Gasteiger partial charge in [-0.2, -0.15) is 0 Å². The van der Waals surface area contributed by atoms with Gasteiger partial charge in [-0.05, 0) is 52.0 Å². The standard InChI is InChI=1S/C15H24N2O2/c1-10(11(2)16)14(18)17-12-6-8-13(9-7-12)19-15(3,4)5/h6-11H,16H2,1-5H3,(H,17,18). The maximum absolute atomic E-state index is 11.8. The van der Waals surface area contributed by atoms with E-state index in [1.807, 2.05) is 58.9 Å². The van der Waals surface area contributed by atoms with Gasteiger partial charge in [-0.25, -0.2) is 0 Å². The van der Waals surface area contributed by atoms with Crippen molar-refractivity contribution in [2.45, 2.75) is 46.3 Å². The van der Waals surface area contributed by atoms with Crippen molar-refractivity contribution < 1.29 is 9.53 Å². The first-order chi connectivity index (χ1) is 8.69. The van der Waals surface area contributed by atoms with Crippen molar-refractivity contribution in [2.75, 3.05) is 5.32 Å². The normalized spacial score (nSPS) is 14.6. The summed E-state index contributed by atoms with van der Waals surface area (Å²) in [5.41, 5.74) is 6.22. The van der Waals surface area contributed by atoms with E-state index in [1.165, 1.54) is 0 Å². The topological polar surface area (TPSA) is 64.4 Å². The van der Waals surface area contributed by atoms with Gasteiger partial charge < -0.3 is 15.8 Å². The van der Waals surface area contributed by atoms with Crippen LogP contribution in [0, 0.1) is 5.92 Å². The Morgan fingerprint density at radius 2 is 1.74 bits per heavy atom. The van der Waals surface area contributed by atoms with Crippen LogP contribution >= 0.6 is 0 Å². The van der Waals surface area contributed by atoms with Gasteiger partial charge in [0.1, 0.15) is 11.4 Å². The lowest BCUT2D eigenvalue weighted by atomic mass is 10.0. The number of amides is 1. The molecule has 0 heterocycles. The molecule has 0 fully saturated rings. The number of nitrogens with one attached hydrogen (secondary N) is 1. The van der Waals surface area contributed by atoms with Gasteiger partial charge in [0.05, 0.1) is 5.92 Å². The summed E-state index contributed by atoms with van der Waals surface area (Å²) >= 11 is 0. The smallest absolute Gasteiger partial charge is 0.228 e. The number of anilines is 1. The van der Waals surface area contributed by atoms with Gasteiger partial charge in [-0.3, -0.25) is 4.79 Å². The Bertz CT molecular complexity index is 419. The fourth-order valence-electron chi connectivity index (χ4n) is 1.45. The molecule has 0 aliphatic carbocycles. The van der Waals surface area contributed by atoms with Crippen LogP contribution in [0.25, 0.3) is 0 Å². The van der Waals surface area contributed by atoms with Gasteiger partial charge in [0.2, 0.25) is 5.91 Å². The minimum Gasteiger partial charge on any atom is -0.488 e. The third-order valence-electron chi connectivity index (χ3n) is 2.75. The molecule has 4 heteroatoms. The highest BCUT2D eigenvalue weighted by molar-refractivity contribution is 5.92. The van der Waals surface area contributed by atoms with Crippen LogP contribution in [0.5, 0.6) is 5.75 Å². The van der Waals surface area contributed by atoms with Crippen molar-refractivity contribution in [3.05, 3.63) is 24.3 Å². The van der Waals surface area contributed by atoms with Crippen molar-refractivity contribution in [1.82, 2.24) is 0 Å². The third-order valence-corrected chi connectivity index (χ3v) is 2.75.